The van der Waals surface area contributed by atoms with Gasteiger partial charge in [0, 0.05) is 12.1 Å². The maximum Gasteiger partial charge on any atom is 0.254 e. The molecule has 1 atom stereocenters. The molecular weight excluding hydrogens is 346 g/mol. The van der Waals surface area contributed by atoms with Crippen molar-refractivity contribution in [1.29, 1.82) is 0 Å². The number of hydrogen-bond donors (Lipinski definition) is 4. The zero-order valence-corrected chi connectivity index (χ0v) is 14.3. The topological polar surface area (TPSA) is 116 Å². The number of nitrogens with one attached hydrogen (secondary N) is 4. The summed E-state index contributed by atoms with van der Waals surface area (Å²) < 4.78 is 0. The summed E-state index contributed by atoms with van der Waals surface area (Å²) in [5.41, 5.74) is 3.15. The van der Waals surface area contributed by atoms with Gasteiger partial charge in [0.1, 0.15) is 6.04 Å². The predicted octanol–water partition coefficient (Wildman–Crippen LogP) is 2.03. The minimum Gasteiger partial charge on any atom is -0.345 e. The van der Waals surface area contributed by atoms with E-state index in [4.69, 9.17) is 0 Å². The van der Waals surface area contributed by atoms with Gasteiger partial charge in [-0.15, -0.1) is 0 Å². The maximum absolute atomic E-state index is 12.3. The molecule has 136 valence electrons. The maximum atomic E-state index is 12.3. The summed E-state index contributed by atoms with van der Waals surface area (Å²) in [6.45, 7) is 0. The largest absolute Gasteiger partial charge is 0.345 e. The van der Waals surface area contributed by atoms with E-state index in [2.05, 4.69) is 25.9 Å². The fourth-order valence-electron chi connectivity index (χ4n) is 3.03. The fraction of sp³-hybridized carbons (Fsp3) is 0.158. The Morgan fingerprint density at radius 1 is 1.15 bits per heavy atom. The Kier molecular flexibility index (Phi) is 4.29. The number of carbonyl (C=O) groups is 3. The minimum atomic E-state index is -0.772. The number of para-hydroxylation sites is 1. The van der Waals surface area contributed by atoms with Crippen molar-refractivity contribution in [2.24, 2.45) is 0 Å². The quantitative estimate of drug-likeness (QED) is 0.567. The van der Waals surface area contributed by atoms with Gasteiger partial charge in [0.15, 0.2) is 0 Å². The molecule has 2 aromatic carbocycles. The molecule has 1 aliphatic heterocycles. The molecule has 1 aliphatic rings. The van der Waals surface area contributed by atoms with Crippen molar-refractivity contribution < 1.29 is 14.4 Å². The second kappa shape index (κ2) is 6.91. The zero-order valence-electron chi connectivity index (χ0n) is 14.3. The molecular formula is C19H17N5O3. The van der Waals surface area contributed by atoms with Crippen LogP contribution in [0, 0.1) is 0 Å². The highest BCUT2D eigenvalue weighted by Gasteiger charge is 2.27. The lowest BCUT2D eigenvalue weighted by Gasteiger charge is -2.14. The summed E-state index contributed by atoms with van der Waals surface area (Å²) in [6.07, 6.45) is 1.88. The molecule has 0 fully saturated rings. The molecule has 1 aromatic heterocycles. The number of fused-ring (bicyclic) bond motifs is 2. The Balaban J connectivity index is 1.38. The van der Waals surface area contributed by atoms with Gasteiger partial charge < -0.3 is 20.9 Å². The molecule has 27 heavy (non-hydrogen) atoms. The van der Waals surface area contributed by atoms with Crippen molar-refractivity contribution in [2.75, 3.05) is 10.6 Å². The van der Waals surface area contributed by atoms with Gasteiger partial charge in [-0.3, -0.25) is 14.4 Å². The second-order valence-corrected chi connectivity index (χ2v) is 6.28. The number of H-pyrrole nitrogens is 1. The van der Waals surface area contributed by atoms with Crippen LogP contribution in [0.15, 0.2) is 48.8 Å². The Labute approximate surface area is 154 Å². The van der Waals surface area contributed by atoms with E-state index in [-0.39, 0.29) is 30.6 Å². The van der Waals surface area contributed by atoms with Crippen LogP contribution in [0.4, 0.5) is 11.4 Å². The van der Waals surface area contributed by atoms with E-state index in [9.17, 15) is 14.4 Å². The van der Waals surface area contributed by atoms with Crippen molar-refractivity contribution in [2.45, 2.75) is 18.9 Å². The van der Waals surface area contributed by atoms with E-state index in [0.29, 0.717) is 16.9 Å². The van der Waals surface area contributed by atoms with Crippen LogP contribution >= 0.6 is 0 Å². The van der Waals surface area contributed by atoms with Gasteiger partial charge in [-0.25, -0.2) is 4.98 Å². The summed E-state index contributed by atoms with van der Waals surface area (Å²) in [4.78, 5) is 44.0. The van der Waals surface area contributed by atoms with Crippen LogP contribution in [0.1, 0.15) is 23.2 Å². The van der Waals surface area contributed by atoms with E-state index in [1.807, 2.05) is 0 Å². The van der Waals surface area contributed by atoms with Crippen LogP contribution in [0.25, 0.3) is 11.0 Å². The molecule has 0 saturated carbocycles. The summed E-state index contributed by atoms with van der Waals surface area (Å²) >= 11 is 0. The van der Waals surface area contributed by atoms with Crippen LogP contribution in [0.5, 0.6) is 0 Å². The van der Waals surface area contributed by atoms with Crippen LogP contribution in [-0.2, 0) is 9.59 Å². The molecule has 2 heterocycles. The van der Waals surface area contributed by atoms with Gasteiger partial charge in [0.05, 0.1) is 28.6 Å². The highest BCUT2D eigenvalue weighted by Crippen LogP contribution is 2.20. The predicted molar refractivity (Wildman–Crippen MR) is 100 cm³/mol. The number of nitrogens with zero attached hydrogens (tertiary/aromatic N) is 1. The van der Waals surface area contributed by atoms with Crippen molar-refractivity contribution in [3.63, 3.8) is 0 Å². The number of benzene rings is 2. The molecule has 0 spiro atoms. The monoisotopic (exact) mass is 363 g/mol. The van der Waals surface area contributed by atoms with Crippen molar-refractivity contribution >= 4 is 40.1 Å². The number of hydrogen-bond acceptors (Lipinski definition) is 4. The highest BCUT2D eigenvalue weighted by molar-refractivity contribution is 6.10. The zero-order chi connectivity index (χ0) is 18.8. The van der Waals surface area contributed by atoms with Gasteiger partial charge in [-0.05, 0) is 36.8 Å². The summed E-state index contributed by atoms with van der Waals surface area (Å²) in [5.74, 6) is -0.906. The smallest absolute Gasteiger partial charge is 0.254 e. The number of rotatable bonds is 4. The average Bonchev–Trinajstić information content (AvgIpc) is 3.08. The first-order valence-corrected chi connectivity index (χ1v) is 8.54. The molecule has 0 bridgehead atoms. The van der Waals surface area contributed by atoms with Crippen molar-refractivity contribution in [1.82, 2.24) is 15.3 Å². The number of amides is 3. The first-order chi connectivity index (χ1) is 13.1. The molecule has 8 heteroatoms. The minimum absolute atomic E-state index is 0.0930. The van der Waals surface area contributed by atoms with Gasteiger partial charge in [-0.1, -0.05) is 12.1 Å². The summed E-state index contributed by atoms with van der Waals surface area (Å²) in [6, 6.07) is 11.4. The number of aromatic nitrogens is 2. The first-order valence-electron chi connectivity index (χ1n) is 8.54. The molecule has 8 nitrogen and oxygen atoms in total. The fourth-order valence-corrected chi connectivity index (χ4v) is 3.03. The third-order valence-corrected chi connectivity index (χ3v) is 4.42. The Morgan fingerprint density at radius 2 is 2.00 bits per heavy atom. The van der Waals surface area contributed by atoms with E-state index in [0.717, 1.165) is 11.0 Å². The molecule has 3 amide bonds. The number of anilines is 2. The number of carbonyl (C=O) groups excluding carboxylic acids is 3. The number of aromatic amines is 1. The van der Waals surface area contributed by atoms with E-state index in [1.54, 1.807) is 48.8 Å². The third-order valence-electron chi connectivity index (χ3n) is 4.42. The van der Waals surface area contributed by atoms with Crippen LogP contribution in [0.2, 0.25) is 0 Å². The Morgan fingerprint density at radius 3 is 2.89 bits per heavy atom. The Bertz CT molecular complexity index is 1040. The molecule has 4 N–H and O–H groups in total. The third kappa shape index (κ3) is 3.50. The van der Waals surface area contributed by atoms with Crippen molar-refractivity contribution in [3.05, 3.63) is 54.4 Å². The van der Waals surface area contributed by atoms with Crippen LogP contribution in [0.3, 0.4) is 0 Å². The molecule has 0 saturated heterocycles. The Hall–Kier alpha value is -3.68. The van der Waals surface area contributed by atoms with Gasteiger partial charge in [0.2, 0.25) is 11.8 Å². The van der Waals surface area contributed by atoms with Gasteiger partial charge in [-0.2, -0.15) is 0 Å². The highest BCUT2D eigenvalue weighted by atomic mass is 16.2. The molecule has 0 unspecified atom stereocenters. The number of imidazole rings is 1. The van der Waals surface area contributed by atoms with E-state index in [1.165, 1.54) is 0 Å². The molecule has 4 rings (SSSR count). The molecule has 0 radical (unpaired) electrons. The second-order valence-electron chi connectivity index (χ2n) is 6.28. The van der Waals surface area contributed by atoms with E-state index >= 15 is 0 Å². The van der Waals surface area contributed by atoms with Crippen LogP contribution in [-0.4, -0.2) is 33.7 Å². The normalized spacial score (nSPS) is 16.2. The van der Waals surface area contributed by atoms with Crippen molar-refractivity contribution in [3.8, 4) is 0 Å². The standard InChI is InChI=1S/C19H17N5O3/c25-17(22-11-5-6-14-16(9-11)21-10-20-14)8-7-15-19(27)23-13-4-2-1-3-12(13)18(26)24-15/h1-6,9-10,15H,7-8H2,(H,20,21)(H,22,25)(H,23,27)(H,24,26)/t15-/m1/s1. The average molecular weight is 363 g/mol. The van der Waals surface area contributed by atoms with Gasteiger partial charge >= 0.3 is 0 Å². The lowest BCUT2D eigenvalue weighted by molar-refractivity contribution is -0.118. The lowest BCUT2D eigenvalue weighted by atomic mass is 10.1. The van der Waals surface area contributed by atoms with Crippen LogP contribution < -0.4 is 16.0 Å². The summed E-state index contributed by atoms with van der Waals surface area (Å²) in [7, 11) is 0. The van der Waals surface area contributed by atoms with Gasteiger partial charge in [0.25, 0.3) is 5.91 Å². The SMILES string of the molecule is O=C(CC[C@H]1NC(=O)c2ccccc2NC1=O)Nc1ccc2nc[nH]c2c1. The first kappa shape index (κ1) is 16.8. The molecule has 3 aromatic rings. The summed E-state index contributed by atoms with van der Waals surface area (Å²) in [5, 5.41) is 8.20. The lowest BCUT2D eigenvalue weighted by Crippen LogP contribution is -2.41. The molecule has 0 aliphatic carbocycles. The van der Waals surface area contributed by atoms with E-state index < -0.39 is 6.04 Å².